The standard InChI is InChI=1S/C19H17ClF2N4O4S/c1-3-9-31(28,29)25-18-15(22)16(11-7-8-14(27)26(2)10-11)23-19(24-18)30-17-12(20)5-4-6-13(17)21/h4-8,10H,3,9H2,1-2H3,(H,23,24,25). The Bertz CT molecular complexity index is 1280. The van der Waals surface area contributed by atoms with Gasteiger partial charge < -0.3 is 9.30 Å². The van der Waals surface area contributed by atoms with Crippen molar-refractivity contribution in [2.24, 2.45) is 7.05 Å². The summed E-state index contributed by atoms with van der Waals surface area (Å²) in [5.41, 5.74) is -0.568. The number of aryl methyl sites for hydroxylation is 1. The Morgan fingerprint density at radius 2 is 1.94 bits per heavy atom. The number of rotatable bonds is 7. The Hall–Kier alpha value is -3.05. The van der Waals surface area contributed by atoms with Crippen LogP contribution < -0.4 is 15.0 Å². The van der Waals surface area contributed by atoms with Crippen LogP contribution in [-0.2, 0) is 17.1 Å². The topological polar surface area (TPSA) is 103 Å². The molecule has 0 amide bonds. The van der Waals surface area contributed by atoms with Crippen LogP contribution in [0, 0.1) is 11.6 Å². The van der Waals surface area contributed by atoms with Gasteiger partial charge in [0.2, 0.25) is 15.6 Å². The zero-order valence-corrected chi connectivity index (χ0v) is 18.0. The van der Waals surface area contributed by atoms with E-state index in [2.05, 4.69) is 9.97 Å². The molecule has 0 aliphatic heterocycles. The summed E-state index contributed by atoms with van der Waals surface area (Å²) in [6.45, 7) is 1.64. The van der Waals surface area contributed by atoms with Crippen LogP contribution in [0.25, 0.3) is 11.3 Å². The lowest BCUT2D eigenvalue weighted by Crippen LogP contribution is -2.19. The first-order valence-electron chi connectivity index (χ1n) is 8.98. The Labute approximate surface area is 181 Å². The molecule has 3 aromatic rings. The van der Waals surface area contributed by atoms with Crippen LogP contribution in [0.3, 0.4) is 0 Å². The number of ether oxygens (including phenoxy) is 1. The second-order valence-electron chi connectivity index (χ2n) is 6.46. The first-order valence-corrected chi connectivity index (χ1v) is 11.0. The van der Waals surface area contributed by atoms with Gasteiger partial charge in [-0.25, -0.2) is 17.2 Å². The van der Waals surface area contributed by atoms with E-state index < -0.39 is 39.2 Å². The van der Waals surface area contributed by atoms with Gasteiger partial charge in [-0.15, -0.1) is 0 Å². The minimum absolute atomic E-state index is 0.0929. The molecular formula is C19H17ClF2N4O4S. The summed E-state index contributed by atoms with van der Waals surface area (Å²) >= 11 is 5.95. The lowest BCUT2D eigenvalue weighted by atomic mass is 10.2. The van der Waals surface area contributed by atoms with Crippen molar-refractivity contribution < 1.29 is 21.9 Å². The number of halogens is 3. The number of sulfonamides is 1. The zero-order valence-electron chi connectivity index (χ0n) is 16.4. The second-order valence-corrected chi connectivity index (χ2v) is 8.71. The smallest absolute Gasteiger partial charge is 0.324 e. The van der Waals surface area contributed by atoms with Gasteiger partial charge in [0.1, 0.15) is 5.69 Å². The number of nitrogens with one attached hydrogen (secondary N) is 1. The number of para-hydroxylation sites is 1. The molecule has 2 heterocycles. The minimum Gasteiger partial charge on any atom is -0.419 e. The molecule has 0 bridgehead atoms. The van der Waals surface area contributed by atoms with Crippen molar-refractivity contribution in [3.63, 3.8) is 0 Å². The van der Waals surface area contributed by atoms with Crippen LogP contribution in [0.4, 0.5) is 14.6 Å². The predicted molar refractivity (Wildman–Crippen MR) is 112 cm³/mol. The van der Waals surface area contributed by atoms with Crippen molar-refractivity contribution in [3.8, 4) is 23.0 Å². The van der Waals surface area contributed by atoms with Crippen LogP contribution in [0.15, 0.2) is 41.3 Å². The normalized spacial score (nSPS) is 11.4. The fourth-order valence-corrected chi connectivity index (χ4v) is 3.87. The molecule has 0 spiro atoms. The maximum absolute atomic E-state index is 15.1. The van der Waals surface area contributed by atoms with Crippen molar-refractivity contribution in [1.29, 1.82) is 0 Å². The highest BCUT2D eigenvalue weighted by Crippen LogP contribution is 2.33. The van der Waals surface area contributed by atoms with Crippen molar-refractivity contribution >= 4 is 27.4 Å². The van der Waals surface area contributed by atoms with Crippen molar-refractivity contribution in [2.45, 2.75) is 13.3 Å². The number of hydrogen-bond acceptors (Lipinski definition) is 6. The fraction of sp³-hybridized carbons (Fsp3) is 0.211. The minimum atomic E-state index is -3.92. The van der Waals surface area contributed by atoms with Crippen LogP contribution in [0.2, 0.25) is 5.02 Å². The molecule has 12 heteroatoms. The molecule has 0 saturated carbocycles. The highest BCUT2D eigenvalue weighted by molar-refractivity contribution is 7.92. The SMILES string of the molecule is CCCS(=O)(=O)Nc1nc(Oc2c(F)cccc2Cl)nc(-c2ccc(=O)n(C)c2)c1F. The Balaban J connectivity index is 2.17. The van der Waals surface area contributed by atoms with E-state index in [0.717, 1.165) is 6.07 Å². The highest BCUT2D eigenvalue weighted by Gasteiger charge is 2.22. The molecule has 3 rings (SSSR count). The van der Waals surface area contributed by atoms with Gasteiger partial charge in [-0.05, 0) is 24.6 Å². The van der Waals surface area contributed by atoms with Crippen LogP contribution in [0.5, 0.6) is 11.8 Å². The summed E-state index contributed by atoms with van der Waals surface area (Å²) in [4.78, 5) is 19.4. The van der Waals surface area contributed by atoms with E-state index >= 15 is 4.39 Å². The molecule has 1 N–H and O–H groups in total. The molecule has 0 saturated heterocycles. The highest BCUT2D eigenvalue weighted by atomic mass is 35.5. The second kappa shape index (κ2) is 8.98. The Morgan fingerprint density at radius 1 is 1.19 bits per heavy atom. The summed E-state index contributed by atoms with van der Waals surface area (Å²) in [7, 11) is -2.47. The van der Waals surface area contributed by atoms with E-state index in [1.165, 1.54) is 42.1 Å². The van der Waals surface area contributed by atoms with Crippen LogP contribution in [-0.4, -0.2) is 28.7 Å². The van der Waals surface area contributed by atoms with Gasteiger partial charge in [-0.2, -0.15) is 9.97 Å². The van der Waals surface area contributed by atoms with Crippen molar-refractivity contribution in [2.75, 3.05) is 10.5 Å². The molecule has 0 unspecified atom stereocenters. The third-order valence-electron chi connectivity index (χ3n) is 4.03. The molecule has 0 fully saturated rings. The molecule has 31 heavy (non-hydrogen) atoms. The molecule has 8 nitrogen and oxygen atoms in total. The van der Waals surface area contributed by atoms with Crippen molar-refractivity contribution in [1.82, 2.24) is 14.5 Å². The van der Waals surface area contributed by atoms with Gasteiger partial charge in [0.15, 0.2) is 23.2 Å². The third-order valence-corrected chi connectivity index (χ3v) is 5.77. The lowest BCUT2D eigenvalue weighted by molar-refractivity contribution is 0.409. The molecule has 2 aromatic heterocycles. The van der Waals surface area contributed by atoms with Crippen molar-refractivity contribution in [3.05, 3.63) is 63.5 Å². The summed E-state index contributed by atoms with van der Waals surface area (Å²) in [5, 5.41) is -0.0929. The predicted octanol–water partition coefficient (Wildman–Crippen LogP) is 3.72. The van der Waals surface area contributed by atoms with E-state index in [-0.39, 0.29) is 34.0 Å². The number of pyridine rings is 1. The number of aromatic nitrogens is 3. The maximum atomic E-state index is 15.1. The number of anilines is 1. The molecule has 0 radical (unpaired) electrons. The van der Waals surface area contributed by atoms with Gasteiger partial charge in [-0.1, -0.05) is 24.6 Å². The van der Waals surface area contributed by atoms with E-state index in [1.807, 2.05) is 4.72 Å². The van der Waals surface area contributed by atoms with E-state index in [1.54, 1.807) is 6.92 Å². The van der Waals surface area contributed by atoms with Gasteiger partial charge in [0.05, 0.1) is 10.8 Å². The first-order chi connectivity index (χ1) is 14.6. The Morgan fingerprint density at radius 3 is 2.58 bits per heavy atom. The summed E-state index contributed by atoms with van der Waals surface area (Å²) in [5.74, 6) is -3.29. The quantitative estimate of drug-likeness (QED) is 0.564. The third kappa shape index (κ3) is 5.17. The fourth-order valence-electron chi connectivity index (χ4n) is 2.60. The van der Waals surface area contributed by atoms with Gasteiger partial charge >= 0.3 is 6.01 Å². The lowest BCUT2D eigenvalue weighted by Gasteiger charge is -2.13. The van der Waals surface area contributed by atoms with E-state index in [4.69, 9.17) is 16.3 Å². The largest absolute Gasteiger partial charge is 0.419 e. The average Bonchev–Trinajstić information content (AvgIpc) is 2.69. The summed E-state index contributed by atoms with van der Waals surface area (Å²) in [6.07, 6.45) is 1.59. The number of hydrogen-bond donors (Lipinski definition) is 1. The zero-order chi connectivity index (χ0) is 22.8. The molecule has 164 valence electrons. The van der Waals surface area contributed by atoms with Gasteiger partial charge in [0.25, 0.3) is 0 Å². The van der Waals surface area contributed by atoms with Crippen LogP contribution >= 0.6 is 11.6 Å². The molecule has 0 atom stereocenters. The summed E-state index contributed by atoms with van der Waals surface area (Å²) in [6, 6.07) is 5.75. The van der Waals surface area contributed by atoms with Crippen LogP contribution in [0.1, 0.15) is 13.3 Å². The maximum Gasteiger partial charge on any atom is 0.324 e. The summed E-state index contributed by atoms with van der Waals surface area (Å²) < 4.78 is 62.2. The molecule has 0 aliphatic rings. The van der Waals surface area contributed by atoms with E-state index in [9.17, 15) is 17.6 Å². The number of benzene rings is 1. The Kier molecular flexibility index (Phi) is 6.56. The monoisotopic (exact) mass is 470 g/mol. The molecular weight excluding hydrogens is 454 g/mol. The van der Waals surface area contributed by atoms with Gasteiger partial charge in [0, 0.05) is 24.9 Å². The molecule has 0 aliphatic carbocycles. The number of nitrogens with zero attached hydrogens (tertiary/aromatic N) is 3. The van der Waals surface area contributed by atoms with Gasteiger partial charge in [-0.3, -0.25) is 9.52 Å². The molecule has 1 aromatic carbocycles. The van der Waals surface area contributed by atoms with E-state index in [0.29, 0.717) is 0 Å². The average molecular weight is 471 g/mol. The first kappa shape index (κ1) is 22.6.